The lowest BCUT2D eigenvalue weighted by Crippen LogP contribution is -2.32. The van der Waals surface area contributed by atoms with Crippen molar-refractivity contribution in [2.45, 2.75) is 38.1 Å². The second-order valence-electron chi connectivity index (χ2n) is 4.05. The van der Waals surface area contributed by atoms with E-state index in [1.54, 1.807) is 5.51 Å². The van der Waals surface area contributed by atoms with Crippen molar-refractivity contribution in [2.24, 2.45) is 5.92 Å². The van der Waals surface area contributed by atoms with E-state index in [9.17, 15) is 0 Å². The summed E-state index contributed by atoms with van der Waals surface area (Å²) in [6, 6.07) is 0.361. The van der Waals surface area contributed by atoms with E-state index >= 15 is 0 Å². The predicted octanol–water partition coefficient (Wildman–Crippen LogP) is 3.14. The number of hydrogen-bond donors (Lipinski definition) is 1. The van der Waals surface area contributed by atoms with E-state index in [1.165, 1.54) is 43.4 Å². The Morgan fingerprint density at radius 2 is 2.27 bits per heavy atom. The Labute approximate surface area is 99.2 Å². The van der Waals surface area contributed by atoms with Crippen LogP contribution in [0, 0.1) is 5.92 Å². The quantitative estimate of drug-likeness (QED) is 0.829. The average molecular weight is 246 g/mol. The summed E-state index contributed by atoms with van der Waals surface area (Å²) < 4.78 is 0. The zero-order valence-electron chi connectivity index (χ0n) is 8.66. The summed E-state index contributed by atoms with van der Waals surface area (Å²) in [4.78, 5) is 0. The van der Waals surface area contributed by atoms with Gasteiger partial charge in [-0.05, 0) is 18.8 Å². The van der Waals surface area contributed by atoms with Crippen LogP contribution < -0.4 is 5.32 Å². The number of rotatable bonds is 4. The molecule has 1 heterocycles. The number of aromatic nitrogens is 2. The first-order valence-electron chi connectivity index (χ1n) is 5.49. The largest absolute Gasteiger partial charge is 0.356 e. The van der Waals surface area contributed by atoms with Gasteiger partial charge >= 0.3 is 0 Å². The number of hydrogen-bond acceptors (Lipinski definition) is 4. The van der Waals surface area contributed by atoms with Crippen LogP contribution in [0.3, 0.4) is 0 Å². The van der Waals surface area contributed by atoms with Gasteiger partial charge in [0.2, 0.25) is 5.13 Å². The van der Waals surface area contributed by atoms with Crippen molar-refractivity contribution in [3.05, 3.63) is 5.51 Å². The molecule has 1 saturated carbocycles. The molecule has 84 valence electrons. The summed E-state index contributed by atoms with van der Waals surface area (Å²) in [5, 5.41) is 12.1. The molecule has 1 aromatic rings. The van der Waals surface area contributed by atoms with Gasteiger partial charge in [0, 0.05) is 11.9 Å². The highest BCUT2D eigenvalue weighted by Crippen LogP contribution is 2.28. The molecule has 1 unspecified atom stereocenters. The van der Waals surface area contributed by atoms with Crippen molar-refractivity contribution >= 4 is 28.1 Å². The van der Waals surface area contributed by atoms with E-state index < -0.39 is 0 Å². The van der Waals surface area contributed by atoms with E-state index in [0.29, 0.717) is 17.8 Å². The molecular weight excluding hydrogens is 230 g/mol. The Balaban J connectivity index is 1.91. The van der Waals surface area contributed by atoms with Gasteiger partial charge in [-0.25, -0.2) is 0 Å². The first-order valence-corrected chi connectivity index (χ1v) is 6.90. The Kier molecular flexibility index (Phi) is 4.20. The number of nitrogens with zero attached hydrogens (tertiary/aromatic N) is 2. The van der Waals surface area contributed by atoms with Crippen LogP contribution in [0.4, 0.5) is 5.13 Å². The van der Waals surface area contributed by atoms with Crippen LogP contribution in [-0.2, 0) is 0 Å². The standard InChI is InChI=1S/C10H16ClN3S/c11-6-9(8-4-2-1-3-5-8)13-10-14-12-7-15-10/h7-9H,1-6H2,(H,13,14). The molecule has 0 amide bonds. The van der Waals surface area contributed by atoms with E-state index in [0.717, 1.165) is 5.13 Å². The lowest BCUT2D eigenvalue weighted by Gasteiger charge is -2.29. The third-order valence-corrected chi connectivity index (χ3v) is 4.01. The molecule has 1 fully saturated rings. The fourth-order valence-corrected chi connectivity index (χ4v) is 3.05. The summed E-state index contributed by atoms with van der Waals surface area (Å²) in [5.41, 5.74) is 1.74. The highest BCUT2D eigenvalue weighted by molar-refractivity contribution is 7.13. The van der Waals surface area contributed by atoms with Gasteiger partial charge in [-0.2, -0.15) is 0 Å². The van der Waals surface area contributed by atoms with Crippen LogP contribution in [0.25, 0.3) is 0 Å². The molecular formula is C10H16ClN3S. The van der Waals surface area contributed by atoms with E-state index in [1.807, 2.05) is 0 Å². The van der Waals surface area contributed by atoms with Crippen molar-refractivity contribution < 1.29 is 0 Å². The van der Waals surface area contributed by atoms with Gasteiger partial charge in [-0.1, -0.05) is 30.6 Å². The molecule has 0 bridgehead atoms. The molecule has 0 aliphatic heterocycles. The van der Waals surface area contributed by atoms with E-state index in [-0.39, 0.29) is 0 Å². The van der Waals surface area contributed by atoms with Crippen molar-refractivity contribution in [3.63, 3.8) is 0 Å². The van der Waals surface area contributed by atoms with Gasteiger partial charge in [0.05, 0.1) is 0 Å². The van der Waals surface area contributed by atoms with Crippen LogP contribution in [0.15, 0.2) is 5.51 Å². The molecule has 1 aliphatic rings. The van der Waals surface area contributed by atoms with E-state index in [4.69, 9.17) is 11.6 Å². The number of alkyl halides is 1. The van der Waals surface area contributed by atoms with Gasteiger partial charge in [-0.15, -0.1) is 21.8 Å². The summed E-state index contributed by atoms with van der Waals surface area (Å²) >= 11 is 7.55. The first-order chi connectivity index (χ1) is 7.40. The number of anilines is 1. The van der Waals surface area contributed by atoms with Crippen molar-refractivity contribution in [1.29, 1.82) is 0 Å². The third-order valence-electron chi connectivity index (χ3n) is 3.05. The molecule has 0 saturated heterocycles. The maximum absolute atomic E-state index is 6.01. The minimum Gasteiger partial charge on any atom is -0.356 e. The molecule has 15 heavy (non-hydrogen) atoms. The van der Waals surface area contributed by atoms with Crippen LogP contribution in [0.2, 0.25) is 0 Å². The highest BCUT2D eigenvalue weighted by atomic mass is 35.5. The second kappa shape index (κ2) is 5.66. The summed E-state index contributed by atoms with van der Waals surface area (Å²) in [6.45, 7) is 0. The molecule has 5 heteroatoms. The molecule has 1 aromatic heterocycles. The maximum Gasteiger partial charge on any atom is 0.205 e. The molecule has 0 spiro atoms. The highest BCUT2D eigenvalue weighted by Gasteiger charge is 2.23. The summed E-state index contributed by atoms with van der Waals surface area (Å²) in [5.74, 6) is 1.37. The molecule has 0 aromatic carbocycles. The lowest BCUT2D eigenvalue weighted by atomic mass is 9.84. The summed E-state index contributed by atoms with van der Waals surface area (Å²) in [7, 11) is 0. The fourth-order valence-electron chi connectivity index (χ4n) is 2.21. The van der Waals surface area contributed by atoms with Crippen LogP contribution in [0.5, 0.6) is 0 Å². The normalized spacial score (nSPS) is 20.1. The van der Waals surface area contributed by atoms with Crippen molar-refractivity contribution in [1.82, 2.24) is 10.2 Å². The zero-order chi connectivity index (χ0) is 10.5. The third kappa shape index (κ3) is 3.05. The Morgan fingerprint density at radius 3 is 2.87 bits per heavy atom. The zero-order valence-corrected chi connectivity index (χ0v) is 10.2. The molecule has 0 radical (unpaired) electrons. The SMILES string of the molecule is ClCC(Nc1nncs1)C1CCCCC1. The molecule has 3 nitrogen and oxygen atoms in total. The molecule has 1 N–H and O–H groups in total. The minimum atomic E-state index is 0.361. The monoisotopic (exact) mass is 245 g/mol. The van der Waals surface area contributed by atoms with Gasteiger partial charge in [-0.3, -0.25) is 0 Å². The molecule has 1 aliphatic carbocycles. The van der Waals surface area contributed by atoms with Crippen LogP contribution >= 0.6 is 22.9 Å². The fraction of sp³-hybridized carbons (Fsp3) is 0.800. The minimum absolute atomic E-state index is 0.361. The molecule has 1 atom stereocenters. The van der Waals surface area contributed by atoms with Crippen molar-refractivity contribution in [3.8, 4) is 0 Å². The summed E-state index contributed by atoms with van der Waals surface area (Å²) in [6.07, 6.45) is 6.66. The number of halogens is 1. The van der Waals surface area contributed by atoms with Crippen molar-refractivity contribution in [2.75, 3.05) is 11.2 Å². The van der Waals surface area contributed by atoms with Crippen LogP contribution in [0.1, 0.15) is 32.1 Å². The Hall–Kier alpha value is -0.350. The number of nitrogens with one attached hydrogen (secondary N) is 1. The Morgan fingerprint density at radius 1 is 1.47 bits per heavy atom. The van der Waals surface area contributed by atoms with Gasteiger partial charge < -0.3 is 5.32 Å². The molecule has 2 rings (SSSR count). The average Bonchev–Trinajstić information content (AvgIpc) is 2.80. The van der Waals surface area contributed by atoms with Gasteiger partial charge in [0.1, 0.15) is 5.51 Å². The lowest BCUT2D eigenvalue weighted by molar-refractivity contribution is 0.330. The smallest absolute Gasteiger partial charge is 0.205 e. The first kappa shape index (κ1) is 11.1. The topological polar surface area (TPSA) is 37.8 Å². The second-order valence-corrected chi connectivity index (χ2v) is 5.19. The van der Waals surface area contributed by atoms with Gasteiger partial charge in [0.25, 0.3) is 0 Å². The Bertz CT molecular complexity index is 272. The van der Waals surface area contributed by atoms with Crippen LogP contribution in [-0.4, -0.2) is 22.1 Å². The van der Waals surface area contributed by atoms with Gasteiger partial charge in [0.15, 0.2) is 0 Å². The predicted molar refractivity (Wildman–Crippen MR) is 64.6 cm³/mol. The maximum atomic E-state index is 6.01. The van der Waals surface area contributed by atoms with E-state index in [2.05, 4.69) is 15.5 Å².